The molecule has 0 spiro atoms. The second-order valence-electron chi connectivity index (χ2n) is 8.10. The van der Waals surface area contributed by atoms with E-state index in [1.807, 2.05) is 0 Å². The molecule has 1 amide bonds. The van der Waals surface area contributed by atoms with E-state index in [4.69, 9.17) is 15.9 Å². The number of hydrogen-bond donors (Lipinski definition) is 3. The summed E-state index contributed by atoms with van der Waals surface area (Å²) in [4.78, 5) is 13.3. The Balaban J connectivity index is 1.65. The molecule has 0 aliphatic carbocycles. The van der Waals surface area contributed by atoms with Crippen molar-refractivity contribution in [1.29, 1.82) is 5.41 Å². The molecule has 0 fully saturated rings. The van der Waals surface area contributed by atoms with Gasteiger partial charge in [0, 0.05) is 20.0 Å². The fourth-order valence-corrected chi connectivity index (χ4v) is 8.32. The number of likely N-dealkylation sites (N-methyl/N-ethyl adjacent to an activating group) is 1. The van der Waals surface area contributed by atoms with Crippen LogP contribution in [0.1, 0.15) is 6.42 Å². The Labute approximate surface area is 203 Å². The minimum atomic E-state index is -1.84. The summed E-state index contributed by atoms with van der Waals surface area (Å²) in [5.41, 5.74) is 5.36. The number of nitrogens with two attached hydrogens (primary N) is 1. The summed E-state index contributed by atoms with van der Waals surface area (Å²) < 4.78 is 5.86. The van der Waals surface area contributed by atoms with Gasteiger partial charge in [0.05, 0.1) is 25.9 Å². The van der Waals surface area contributed by atoms with Crippen molar-refractivity contribution in [1.82, 2.24) is 10.2 Å². The summed E-state index contributed by atoms with van der Waals surface area (Å²) in [7, 11) is -0.226. The Kier molecular flexibility index (Phi) is 9.62. The van der Waals surface area contributed by atoms with Crippen LogP contribution in [0, 0.1) is 5.41 Å². The molecule has 0 aliphatic rings. The van der Waals surface area contributed by atoms with Crippen LogP contribution in [0.25, 0.3) is 0 Å². The maximum atomic E-state index is 11.9. The minimum absolute atomic E-state index is 0.0631. The van der Waals surface area contributed by atoms with E-state index >= 15 is 0 Å². The monoisotopic (exact) mass is 477 g/mol. The predicted molar refractivity (Wildman–Crippen MR) is 143 cm³/mol. The number of nitrogens with one attached hydrogen (secondary N) is 2. The quantitative estimate of drug-likeness (QED) is 0.162. The smallest absolute Gasteiger partial charge is 0.239 e. The number of benzene rings is 3. The molecule has 7 heteroatoms. The van der Waals surface area contributed by atoms with Crippen molar-refractivity contribution in [2.75, 3.05) is 39.5 Å². The molecule has 4 N–H and O–H groups in total. The van der Waals surface area contributed by atoms with Gasteiger partial charge in [-0.1, -0.05) is 54.6 Å². The lowest BCUT2D eigenvalue weighted by atomic mass is 10.4. The summed E-state index contributed by atoms with van der Waals surface area (Å²) in [6, 6.07) is 32.5. The average Bonchev–Trinajstić information content (AvgIpc) is 2.87. The van der Waals surface area contributed by atoms with Crippen LogP contribution in [0.15, 0.2) is 91.0 Å². The van der Waals surface area contributed by atoms with E-state index in [-0.39, 0.29) is 18.4 Å². The lowest BCUT2D eigenvalue weighted by Gasteiger charge is -2.27. The van der Waals surface area contributed by atoms with E-state index < -0.39 is 7.26 Å². The zero-order valence-electron chi connectivity index (χ0n) is 19.7. The van der Waals surface area contributed by atoms with Crippen molar-refractivity contribution in [3.8, 4) is 0 Å². The van der Waals surface area contributed by atoms with Gasteiger partial charge in [-0.2, -0.15) is 0 Å². The first-order valence-corrected chi connectivity index (χ1v) is 13.5. The third kappa shape index (κ3) is 6.66. The Hall–Kier alpha value is -3.21. The van der Waals surface area contributed by atoms with Gasteiger partial charge in [0.1, 0.15) is 23.2 Å². The number of carbonyl (C=O) groups is 1. The summed E-state index contributed by atoms with van der Waals surface area (Å²) in [5.74, 6) is -0.308. The van der Waals surface area contributed by atoms with Gasteiger partial charge in [0.2, 0.25) is 5.91 Å². The first kappa shape index (κ1) is 25.4. The predicted octanol–water partition coefficient (Wildman–Crippen LogP) is 2.33. The van der Waals surface area contributed by atoms with E-state index in [0.717, 1.165) is 12.6 Å². The van der Waals surface area contributed by atoms with Crippen molar-refractivity contribution >= 4 is 35.0 Å². The van der Waals surface area contributed by atoms with Gasteiger partial charge in [0.25, 0.3) is 0 Å². The molecule has 0 atom stereocenters. The molecule has 3 rings (SSSR count). The highest BCUT2D eigenvalue weighted by Gasteiger charge is 2.44. The van der Waals surface area contributed by atoms with Crippen LogP contribution >= 0.6 is 7.26 Å². The van der Waals surface area contributed by atoms with Crippen molar-refractivity contribution < 1.29 is 9.53 Å². The average molecular weight is 478 g/mol. The van der Waals surface area contributed by atoms with Crippen LogP contribution in [-0.2, 0) is 9.53 Å². The number of guanidine groups is 1. The van der Waals surface area contributed by atoms with Crippen molar-refractivity contribution in [2.24, 2.45) is 5.73 Å². The molecule has 34 heavy (non-hydrogen) atoms. The Morgan fingerprint density at radius 1 is 0.882 bits per heavy atom. The van der Waals surface area contributed by atoms with Gasteiger partial charge in [-0.15, -0.1) is 0 Å². The Morgan fingerprint density at radius 3 is 1.79 bits per heavy atom. The molecule has 0 saturated heterocycles. The van der Waals surface area contributed by atoms with Crippen LogP contribution in [0.3, 0.4) is 0 Å². The van der Waals surface area contributed by atoms with Crippen molar-refractivity contribution in [3.05, 3.63) is 91.0 Å². The fourth-order valence-electron chi connectivity index (χ4n) is 4.01. The van der Waals surface area contributed by atoms with Crippen LogP contribution in [0.2, 0.25) is 0 Å². The fraction of sp³-hybridized carbons (Fsp3) is 0.259. The first-order valence-electron chi connectivity index (χ1n) is 11.5. The number of ether oxygens (including phenoxy) is 1. The summed E-state index contributed by atoms with van der Waals surface area (Å²) in [6.07, 6.45) is 1.91. The van der Waals surface area contributed by atoms with Crippen molar-refractivity contribution in [2.45, 2.75) is 6.42 Å². The highest BCUT2D eigenvalue weighted by molar-refractivity contribution is 7.95. The molecule has 0 aliphatic heterocycles. The normalized spacial score (nSPS) is 11.1. The molecule has 0 heterocycles. The van der Waals surface area contributed by atoms with Crippen molar-refractivity contribution in [3.63, 3.8) is 0 Å². The van der Waals surface area contributed by atoms with Crippen LogP contribution in [-0.4, -0.2) is 56.3 Å². The maximum Gasteiger partial charge on any atom is 0.239 e. The Bertz CT molecular complexity index is 936. The second-order valence-corrected chi connectivity index (χ2v) is 11.7. The molecule has 0 aromatic heterocycles. The second kappa shape index (κ2) is 12.9. The number of hydrogen-bond acceptors (Lipinski definition) is 3. The zero-order valence-corrected chi connectivity index (χ0v) is 20.6. The number of rotatable bonds is 12. The van der Waals surface area contributed by atoms with E-state index in [2.05, 4.69) is 96.3 Å². The summed E-state index contributed by atoms with van der Waals surface area (Å²) in [5, 5.41) is 14.2. The number of carbonyl (C=O) groups excluding carboxylic acids is 1. The highest BCUT2D eigenvalue weighted by atomic mass is 31.2. The topological polar surface area (TPSA) is 91.4 Å². The van der Waals surface area contributed by atoms with E-state index in [1.54, 1.807) is 7.05 Å². The minimum Gasteiger partial charge on any atom is -0.379 e. The summed E-state index contributed by atoms with van der Waals surface area (Å²) >= 11 is 0. The number of amides is 1. The number of nitrogens with zero attached hydrogens (tertiary/aromatic N) is 1. The largest absolute Gasteiger partial charge is 0.379 e. The van der Waals surface area contributed by atoms with Gasteiger partial charge in [-0.05, 0) is 36.4 Å². The third-order valence-electron chi connectivity index (χ3n) is 5.73. The lowest BCUT2D eigenvalue weighted by molar-refractivity contribution is -0.121. The molecular formula is C27H34N4O2P+. The standard InChI is InChI=1S/C27H33N4O2P/c1-31(27(28)29)22-26(32)30-18-20-33-19-11-21-34(23-12-5-2-6-13-23,24-14-7-3-8-15-24)25-16-9-4-10-17-25/h2-10,12-17H,11,18-22H2,1H3,(H3-,28,29,30,32)/p+1. The van der Waals surface area contributed by atoms with E-state index in [0.29, 0.717) is 19.8 Å². The molecule has 3 aromatic rings. The molecule has 178 valence electrons. The van der Waals surface area contributed by atoms with Gasteiger partial charge < -0.3 is 20.7 Å². The van der Waals surface area contributed by atoms with Gasteiger partial charge >= 0.3 is 0 Å². The molecular weight excluding hydrogens is 443 g/mol. The molecule has 0 radical (unpaired) electrons. The molecule has 0 bridgehead atoms. The first-order chi connectivity index (χ1) is 16.5. The highest BCUT2D eigenvalue weighted by Crippen LogP contribution is 2.55. The SMILES string of the molecule is CN(CC(=O)NCCOCCC[P+](c1ccccc1)(c1ccccc1)c1ccccc1)C(=N)N. The lowest BCUT2D eigenvalue weighted by Crippen LogP contribution is -2.42. The van der Waals surface area contributed by atoms with Crippen LogP contribution in [0.4, 0.5) is 0 Å². The zero-order chi connectivity index (χ0) is 24.2. The maximum absolute atomic E-state index is 11.9. The van der Waals surface area contributed by atoms with Gasteiger partial charge in [-0.25, -0.2) is 0 Å². The van der Waals surface area contributed by atoms with Gasteiger partial charge in [-0.3, -0.25) is 10.2 Å². The van der Waals surface area contributed by atoms with E-state index in [9.17, 15) is 4.79 Å². The molecule has 3 aromatic carbocycles. The molecule has 6 nitrogen and oxygen atoms in total. The Morgan fingerprint density at radius 2 is 1.35 bits per heavy atom. The summed E-state index contributed by atoms with van der Waals surface area (Å²) in [6.45, 7) is 1.56. The molecule has 0 saturated carbocycles. The van der Waals surface area contributed by atoms with Crippen LogP contribution < -0.4 is 27.0 Å². The van der Waals surface area contributed by atoms with E-state index in [1.165, 1.54) is 20.8 Å². The van der Waals surface area contributed by atoms with Crippen LogP contribution in [0.5, 0.6) is 0 Å². The third-order valence-corrected chi connectivity index (χ3v) is 10.3. The molecule has 0 unspecified atom stereocenters. The van der Waals surface area contributed by atoms with Gasteiger partial charge in [0.15, 0.2) is 5.96 Å².